The van der Waals surface area contributed by atoms with Crippen LogP contribution in [-0.4, -0.2) is 46.6 Å². The van der Waals surface area contributed by atoms with E-state index in [1.807, 2.05) is 0 Å². The lowest BCUT2D eigenvalue weighted by molar-refractivity contribution is -0.149. The van der Waals surface area contributed by atoms with Gasteiger partial charge in [0.2, 0.25) is 11.0 Å². The Morgan fingerprint density at radius 3 is 2.69 bits per heavy atom. The van der Waals surface area contributed by atoms with Gasteiger partial charge in [-0.15, -0.1) is 0 Å². The highest BCUT2D eigenvalue weighted by Crippen LogP contribution is 2.46. The van der Waals surface area contributed by atoms with Crippen LogP contribution in [0.2, 0.25) is 0 Å². The molecule has 2 heterocycles. The van der Waals surface area contributed by atoms with E-state index in [-0.39, 0.29) is 17.0 Å². The third-order valence-corrected chi connectivity index (χ3v) is 4.00. The highest BCUT2D eigenvalue weighted by Gasteiger charge is 2.51. The molecule has 2 aliphatic heterocycles. The maximum Gasteiger partial charge on any atom is 0.352 e. The molecule has 2 rings (SSSR count). The molecule has 1 saturated heterocycles. The second kappa shape index (κ2) is 3.76. The van der Waals surface area contributed by atoms with Crippen molar-refractivity contribution in [1.29, 1.82) is 0 Å². The maximum atomic E-state index is 11.3. The van der Waals surface area contributed by atoms with Gasteiger partial charge >= 0.3 is 5.97 Å². The lowest BCUT2D eigenvalue weighted by Gasteiger charge is -2.47. The quantitative estimate of drug-likeness (QED) is 0.565. The summed E-state index contributed by atoms with van der Waals surface area (Å²) in [5, 5.41) is 7.68. The molecule has 0 aromatic rings. The van der Waals surface area contributed by atoms with Crippen molar-refractivity contribution in [3.63, 3.8) is 0 Å². The second-order valence-electron chi connectivity index (χ2n) is 3.39. The van der Waals surface area contributed by atoms with Gasteiger partial charge in [0, 0.05) is 20.3 Å². The fraction of sp³-hybridized carbons (Fsp3) is 0.556. The number of carboxylic acids is 1. The van der Waals surface area contributed by atoms with Crippen molar-refractivity contribution in [1.82, 2.24) is 4.90 Å². The van der Waals surface area contributed by atoms with Crippen LogP contribution in [0.5, 0.6) is 0 Å². The third-order valence-electron chi connectivity index (χ3n) is 2.57. The van der Waals surface area contributed by atoms with E-state index in [1.54, 1.807) is 0 Å². The highest BCUT2D eigenvalue weighted by molar-refractivity contribution is 8.01. The Morgan fingerprint density at radius 2 is 2.25 bits per heavy atom. The third kappa shape index (κ3) is 1.51. The van der Waals surface area contributed by atoms with E-state index in [1.165, 1.54) is 37.0 Å². The summed E-state index contributed by atoms with van der Waals surface area (Å²) < 4.78 is 10.3. The van der Waals surface area contributed by atoms with Crippen LogP contribution in [0.25, 0.3) is 0 Å². The Bertz CT molecular complexity index is 376. The molecule has 0 bridgehead atoms. The number of carboxylic acid groups (broad SMARTS) is 1. The molecule has 1 fully saturated rings. The summed E-state index contributed by atoms with van der Waals surface area (Å²) in [7, 11) is 2.87. The minimum absolute atomic E-state index is 0.0799. The molecule has 1 N–H and O–H groups in total. The fourth-order valence-electron chi connectivity index (χ4n) is 1.69. The Balaban J connectivity index is 2.39. The first-order chi connectivity index (χ1) is 7.53. The number of carbonyl (C=O) groups is 2. The number of carbonyl (C=O) groups excluding carboxylic acids is 1. The van der Waals surface area contributed by atoms with Gasteiger partial charge in [-0.05, 0) is 0 Å². The molecule has 7 heteroatoms. The van der Waals surface area contributed by atoms with E-state index in [4.69, 9.17) is 14.6 Å². The molecular weight excluding hydrogens is 234 g/mol. The predicted octanol–water partition coefficient (Wildman–Crippen LogP) is 0.207. The van der Waals surface area contributed by atoms with Gasteiger partial charge in [-0.1, -0.05) is 11.8 Å². The van der Waals surface area contributed by atoms with Crippen molar-refractivity contribution < 1.29 is 24.2 Å². The highest BCUT2D eigenvalue weighted by atomic mass is 32.2. The van der Waals surface area contributed by atoms with Crippen LogP contribution in [0, 0.1) is 0 Å². The van der Waals surface area contributed by atoms with E-state index < -0.39 is 11.1 Å². The van der Waals surface area contributed by atoms with Crippen LogP contribution < -0.4 is 0 Å². The molecule has 88 valence electrons. The number of fused-ring (bicyclic) bond motifs is 1. The number of hydrogen-bond acceptors (Lipinski definition) is 5. The molecule has 2 aliphatic rings. The number of nitrogens with zero attached hydrogens (tertiary/aromatic N) is 1. The van der Waals surface area contributed by atoms with Gasteiger partial charge in [-0.2, -0.15) is 0 Å². The molecule has 6 nitrogen and oxygen atoms in total. The maximum absolute atomic E-state index is 11.3. The number of hydrogen-bond donors (Lipinski definition) is 1. The molecule has 0 radical (unpaired) electrons. The van der Waals surface area contributed by atoms with Gasteiger partial charge in [-0.3, -0.25) is 9.69 Å². The second-order valence-corrected chi connectivity index (χ2v) is 4.74. The van der Waals surface area contributed by atoms with Crippen molar-refractivity contribution in [2.75, 3.05) is 14.2 Å². The number of β-lactam (4-membered cyclic amide) rings is 1. The topological polar surface area (TPSA) is 76.1 Å². The van der Waals surface area contributed by atoms with Gasteiger partial charge < -0.3 is 14.6 Å². The Morgan fingerprint density at radius 1 is 1.62 bits per heavy atom. The number of methoxy groups -OCH3 is 2. The molecule has 16 heavy (non-hydrogen) atoms. The minimum Gasteiger partial charge on any atom is -0.477 e. The Hall–Kier alpha value is -1.05. The number of ether oxygens (including phenoxy) is 2. The molecule has 0 aromatic carbocycles. The summed E-state index contributed by atoms with van der Waals surface area (Å²) in [6, 6.07) is 0. The smallest absolute Gasteiger partial charge is 0.352 e. The summed E-state index contributed by atoms with van der Waals surface area (Å²) in [5.41, 5.74) is -0.0799. The monoisotopic (exact) mass is 245 g/mol. The summed E-state index contributed by atoms with van der Waals surface area (Å²) in [6.07, 6.45) is 1.62. The van der Waals surface area contributed by atoms with Gasteiger partial charge in [-0.25, -0.2) is 4.79 Å². The van der Waals surface area contributed by atoms with Crippen molar-refractivity contribution >= 4 is 23.6 Å². The predicted molar refractivity (Wildman–Crippen MR) is 55.3 cm³/mol. The standard InChI is InChI=1S/C9H11NO5S/c1-14-9(15-2)4-5(8(12)13)10-6(11)3-7(10)16-9/h4,7H,3H2,1-2H3,(H,12,13)/t7-/m1/s1. The molecule has 0 spiro atoms. The van der Waals surface area contributed by atoms with Gasteiger partial charge in [0.05, 0.1) is 11.8 Å². The zero-order valence-corrected chi connectivity index (χ0v) is 9.61. The number of amides is 1. The molecule has 0 unspecified atom stereocenters. The van der Waals surface area contributed by atoms with Crippen LogP contribution in [-0.2, 0) is 19.1 Å². The van der Waals surface area contributed by atoms with Crippen molar-refractivity contribution in [2.24, 2.45) is 0 Å². The average molecular weight is 245 g/mol. The van der Waals surface area contributed by atoms with Gasteiger partial charge in [0.25, 0.3) is 0 Å². The van der Waals surface area contributed by atoms with Crippen molar-refractivity contribution in [2.45, 2.75) is 16.9 Å². The number of aliphatic carboxylic acids is 1. The van der Waals surface area contributed by atoms with Gasteiger partial charge in [0.1, 0.15) is 5.70 Å². The van der Waals surface area contributed by atoms with Crippen molar-refractivity contribution in [3.05, 3.63) is 11.8 Å². The largest absolute Gasteiger partial charge is 0.477 e. The SMILES string of the molecule is COC1(OC)C=C(C(=O)O)N2C(=O)C[C@H]2S1. The fourth-order valence-corrected chi connectivity index (χ4v) is 3.01. The van der Waals surface area contributed by atoms with E-state index in [9.17, 15) is 9.59 Å². The minimum atomic E-state index is -1.16. The molecular formula is C9H11NO5S. The summed E-state index contributed by atoms with van der Waals surface area (Å²) >= 11 is 1.27. The van der Waals surface area contributed by atoms with Crippen LogP contribution in [0.1, 0.15) is 6.42 Å². The van der Waals surface area contributed by atoms with Crippen LogP contribution in [0.4, 0.5) is 0 Å². The molecule has 0 aliphatic carbocycles. The van der Waals surface area contributed by atoms with Crippen LogP contribution in [0.15, 0.2) is 11.8 Å². The lowest BCUT2D eigenvalue weighted by atomic mass is 10.1. The van der Waals surface area contributed by atoms with E-state index in [2.05, 4.69) is 0 Å². The lowest BCUT2D eigenvalue weighted by Crippen LogP contribution is -2.56. The molecule has 0 saturated carbocycles. The van der Waals surface area contributed by atoms with E-state index >= 15 is 0 Å². The van der Waals surface area contributed by atoms with E-state index in [0.717, 1.165) is 0 Å². The first kappa shape index (κ1) is 11.4. The molecule has 0 aromatic heterocycles. The Labute approximate surface area is 96.2 Å². The summed E-state index contributed by atoms with van der Waals surface area (Å²) in [4.78, 5) is 23.6. The summed E-state index contributed by atoms with van der Waals surface area (Å²) in [5.74, 6) is -1.34. The molecule has 1 atom stereocenters. The van der Waals surface area contributed by atoms with Gasteiger partial charge in [0.15, 0.2) is 0 Å². The first-order valence-electron chi connectivity index (χ1n) is 4.59. The first-order valence-corrected chi connectivity index (χ1v) is 5.47. The zero-order valence-electron chi connectivity index (χ0n) is 8.80. The number of thioether (sulfide) groups is 1. The Kier molecular flexibility index (Phi) is 2.69. The normalized spacial score (nSPS) is 26.9. The number of rotatable bonds is 3. The van der Waals surface area contributed by atoms with Crippen LogP contribution >= 0.6 is 11.8 Å². The van der Waals surface area contributed by atoms with Crippen LogP contribution in [0.3, 0.4) is 0 Å². The van der Waals surface area contributed by atoms with Crippen molar-refractivity contribution in [3.8, 4) is 0 Å². The zero-order chi connectivity index (χ0) is 11.9. The average Bonchev–Trinajstić information content (AvgIpc) is 2.26. The summed E-state index contributed by atoms with van der Waals surface area (Å²) in [6.45, 7) is 0. The van der Waals surface area contributed by atoms with E-state index in [0.29, 0.717) is 6.42 Å². The molecule has 1 amide bonds.